The summed E-state index contributed by atoms with van der Waals surface area (Å²) in [6, 6.07) is 0.501. The van der Waals surface area contributed by atoms with E-state index in [2.05, 4.69) is 49.8 Å². The van der Waals surface area contributed by atoms with Gasteiger partial charge in [0, 0.05) is 38.2 Å². The van der Waals surface area contributed by atoms with Gasteiger partial charge in [-0.2, -0.15) is 0 Å². The lowest BCUT2D eigenvalue weighted by Gasteiger charge is -2.36. The zero-order valence-electron chi connectivity index (χ0n) is 11.3. The van der Waals surface area contributed by atoms with Crippen molar-refractivity contribution in [2.24, 2.45) is 0 Å². The number of hydrogen-bond donors (Lipinski definition) is 0. The molecule has 1 fully saturated rings. The largest absolute Gasteiger partial charge is 0.352 e. The monoisotopic (exact) mass is 323 g/mol. The summed E-state index contributed by atoms with van der Waals surface area (Å²) in [5.74, 6) is 0.944. The van der Waals surface area contributed by atoms with Crippen LogP contribution in [0.5, 0.6) is 0 Å². The van der Waals surface area contributed by atoms with Crippen molar-refractivity contribution >= 4 is 27.4 Å². The normalized spacial score (nSPS) is 20.9. The number of fused-ring (bicyclic) bond motifs is 1. The third-order valence-corrected chi connectivity index (χ3v) is 4.19. The number of hydrogen-bond acceptors (Lipinski definition) is 4. The van der Waals surface area contributed by atoms with E-state index in [9.17, 15) is 0 Å². The maximum absolute atomic E-state index is 4.61. The van der Waals surface area contributed by atoms with E-state index in [0.29, 0.717) is 6.04 Å². The standard InChI is InChI=1S/C13H18BrN5/c1-17-6-3-4-10(8-17)18(2)13-12-15-5-7-19(12)9-11(14)16-13/h5,7,9-10H,3-4,6,8H2,1-2H3. The van der Waals surface area contributed by atoms with Gasteiger partial charge in [0.25, 0.3) is 0 Å². The maximum atomic E-state index is 4.61. The molecular formula is C13H18BrN5. The van der Waals surface area contributed by atoms with Crippen LogP contribution in [0.4, 0.5) is 5.82 Å². The summed E-state index contributed by atoms with van der Waals surface area (Å²) in [5, 5.41) is 0. The van der Waals surface area contributed by atoms with Crippen molar-refractivity contribution in [3.8, 4) is 0 Å². The number of anilines is 1. The fraction of sp³-hybridized carbons (Fsp3) is 0.538. The molecule has 0 N–H and O–H groups in total. The second-order valence-corrected chi connectivity index (χ2v) is 6.03. The lowest BCUT2D eigenvalue weighted by Crippen LogP contribution is -2.45. The molecule has 19 heavy (non-hydrogen) atoms. The van der Waals surface area contributed by atoms with E-state index >= 15 is 0 Å². The molecule has 0 amide bonds. The van der Waals surface area contributed by atoms with Crippen molar-refractivity contribution in [3.05, 3.63) is 23.2 Å². The van der Waals surface area contributed by atoms with Gasteiger partial charge in [-0.15, -0.1) is 0 Å². The van der Waals surface area contributed by atoms with Crippen LogP contribution in [0, 0.1) is 0 Å². The molecule has 1 saturated heterocycles. The van der Waals surface area contributed by atoms with Gasteiger partial charge in [0.15, 0.2) is 11.5 Å². The molecule has 0 radical (unpaired) electrons. The minimum Gasteiger partial charge on any atom is -0.352 e. The second kappa shape index (κ2) is 5.09. The first kappa shape index (κ1) is 12.9. The zero-order chi connectivity index (χ0) is 13.4. The molecule has 5 nitrogen and oxygen atoms in total. The van der Waals surface area contributed by atoms with Gasteiger partial charge in [0.2, 0.25) is 0 Å². The molecule has 1 atom stereocenters. The third kappa shape index (κ3) is 2.47. The summed E-state index contributed by atoms with van der Waals surface area (Å²) < 4.78 is 2.85. The van der Waals surface area contributed by atoms with E-state index in [1.807, 2.05) is 23.0 Å². The molecule has 0 spiro atoms. The van der Waals surface area contributed by atoms with Crippen LogP contribution in [-0.2, 0) is 0 Å². The number of likely N-dealkylation sites (tertiary alicyclic amines) is 1. The van der Waals surface area contributed by atoms with Gasteiger partial charge in [0.1, 0.15) is 4.60 Å². The molecule has 3 heterocycles. The highest BCUT2D eigenvalue weighted by Gasteiger charge is 2.24. The molecule has 0 aliphatic carbocycles. The predicted molar refractivity (Wildman–Crippen MR) is 79.6 cm³/mol. The lowest BCUT2D eigenvalue weighted by atomic mass is 10.1. The Hall–Kier alpha value is -1.14. The van der Waals surface area contributed by atoms with Crippen LogP contribution in [0.2, 0.25) is 0 Å². The molecule has 0 saturated carbocycles. The van der Waals surface area contributed by atoms with E-state index < -0.39 is 0 Å². The average molecular weight is 324 g/mol. The number of imidazole rings is 1. The Bertz CT molecular complexity index is 581. The van der Waals surface area contributed by atoms with Gasteiger partial charge in [-0.1, -0.05) is 0 Å². The zero-order valence-corrected chi connectivity index (χ0v) is 12.8. The summed E-state index contributed by atoms with van der Waals surface area (Å²) in [6.45, 7) is 2.27. The first-order valence-electron chi connectivity index (χ1n) is 6.56. The Labute approximate surface area is 121 Å². The van der Waals surface area contributed by atoms with Gasteiger partial charge < -0.3 is 14.2 Å². The molecule has 2 aromatic rings. The summed E-state index contributed by atoms with van der Waals surface area (Å²) >= 11 is 3.48. The van der Waals surface area contributed by atoms with Crippen LogP contribution >= 0.6 is 15.9 Å². The van der Waals surface area contributed by atoms with Gasteiger partial charge in [0.05, 0.1) is 0 Å². The van der Waals surface area contributed by atoms with E-state index in [-0.39, 0.29) is 0 Å². The van der Waals surface area contributed by atoms with Crippen LogP contribution in [0.1, 0.15) is 12.8 Å². The van der Waals surface area contributed by atoms with E-state index in [1.165, 1.54) is 19.4 Å². The quantitative estimate of drug-likeness (QED) is 0.847. The van der Waals surface area contributed by atoms with Gasteiger partial charge in [-0.05, 0) is 42.4 Å². The minimum absolute atomic E-state index is 0.501. The Balaban J connectivity index is 1.96. The maximum Gasteiger partial charge on any atom is 0.180 e. The van der Waals surface area contributed by atoms with E-state index in [4.69, 9.17) is 0 Å². The topological polar surface area (TPSA) is 36.7 Å². The molecule has 3 rings (SSSR count). The first-order chi connectivity index (χ1) is 9.15. The van der Waals surface area contributed by atoms with Crippen LogP contribution in [0.25, 0.3) is 5.65 Å². The fourth-order valence-electron chi connectivity index (χ4n) is 2.75. The highest BCUT2D eigenvalue weighted by atomic mass is 79.9. The Morgan fingerprint density at radius 1 is 1.47 bits per heavy atom. The van der Waals surface area contributed by atoms with Crippen LogP contribution in [0.3, 0.4) is 0 Å². The number of piperidine rings is 1. The van der Waals surface area contributed by atoms with Crippen molar-refractivity contribution in [3.63, 3.8) is 0 Å². The minimum atomic E-state index is 0.501. The molecule has 1 aliphatic rings. The summed E-state index contributed by atoms with van der Waals surface area (Å²) in [4.78, 5) is 13.7. The molecule has 1 unspecified atom stereocenters. The van der Waals surface area contributed by atoms with Crippen LogP contribution in [0.15, 0.2) is 23.2 Å². The highest BCUT2D eigenvalue weighted by Crippen LogP contribution is 2.24. The highest BCUT2D eigenvalue weighted by molar-refractivity contribution is 9.10. The predicted octanol–water partition coefficient (Wildman–Crippen LogP) is 2.02. The number of likely N-dealkylation sites (N-methyl/N-ethyl adjacent to an activating group) is 2. The van der Waals surface area contributed by atoms with Crippen molar-refractivity contribution in [2.75, 3.05) is 32.1 Å². The molecular weight excluding hydrogens is 306 g/mol. The van der Waals surface area contributed by atoms with Crippen LogP contribution in [-0.4, -0.2) is 52.5 Å². The number of aromatic nitrogens is 3. The van der Waals surface area contributed by atoms with Crippen molar-refractivity contribution < 1.29 is 0 Å². The molecule has 6 heteroatoms. The smallest absolute Gasteiger partial charge is 0.180 e. The van der Waals surface area contributed by atoms with Gasteiger partial charge in [-0.25, -0.2) is 9.97 Å². The van der Waals surface area contributed by atoms with Crippen LogP contribution < -0.4 is 4.90 Å². The molecule has 0 aromatic carbocycles. The average Bonchev–Trinajstić information content (AvgIpc) is 2.85. The van der Waals surface area contributed by atoms with Crippen molar-refractivity contribution in [1.29, 1.82) is 0 Å². The van der Waals surface area contributed by atoms with E-state index in [1.54, 1.807) is 0 Å². The SMILES string of the molecule is CN1CCCC(N(C)c2nc(Br)cn3ccnc23)C1. The Morgan fingerprint density at radius 2 is 2.32 bits per heavy atom. The Kier molecular flexibility index (Phi) is 3.45. The molecule has 102 valence electrons. The van der Waals surface area contributed by atoms with Gasteiger partial charge >= 0.3 is 0 Å². The molecule has 0 bridgehead atoms. The van der Waals surface area contributed by atoms with Crippen molar-refractivity contribution in [2.45, 2.75) is 18.9 Å². The fourth-order valence-corrected chi connectivity index (χ4v) is 3.14. The number of halogens is 1. The molecule has 1 aliphatic heterocycles. The van der Waals surface area contributed by atoms with E-state index in [0.717, 1.165) is 22.6 Å². The number of rotatable bonds is 2. The Morgan fingerprint density at radius 3 is 3.11 bits per heavy atom. The lowest BCUT2D eigenvalue weighted by molar-refractivity contribution is 0.247. The number of nitrogens with zero attached hydrogens (tertiary/aromatic N) is 5. The second-order valence-electron chi connectivity index (χ2n) is 5.21. The third-order valence-electron chi connectivity index (χ3n) is 3.81. The molecule has 2 aromatic heterocycles. The first-order valence-corrected chi connectivity index (χ1v) is 7.35. The summed E-state index contributed by atoms with van der Waals surface area (Å²) in [7, 11) is 4.30. The summed E-state index contributed by atoms with van der Waals surface area (Å²) in [5.41, 5.74) is 0.916. The summed E-state index contributed by atoms with van der Waals surface area (Å²) in [6.07, 6.45) is 8.15. The van der Waals surface area contributed by atoms with Gasteiger partial charge in [-0.3, -0.25) is 0 Å². The van der Waals surface area contributed by atoms with Crippen molar-refractivity contribution in [1.82, 2.24) is 19.3 Å².